The van der Waals surface area contributed by atoms with Crippen molar-refractivity contribution in [3.05, 3.63) is 80.0 Å². The van der Waals surface area contributed by atoms with E-state index in [0.717, 1.165) is 17.3 Å². The second-order valence-corrected chi connectivity index (χ2v) is 14.4. The Hall–Kier alpha value is -3.51. The van der Waals surface area contributed by atoms with Gasteiger partial charge in [0, 0.05) is 36.3 Å². The summed E-state index contributed by atoms with van der Waals surface area (Å²) in [6.45, 7) is 2.48. The van der Waals surface area contributed by atoms with E-state index < -0.39 is 35.5 Å². The van der Waals surface area contributed by atoms with Crippen LogP contribution >= 0.6 is 10.5 Å². The number of hydrogen-bond acceptors (Lipinski definition) is 6. The number of H-pyrrole nitrogens is 1. The highest BCUT2D eigenvalue weighted by Gasteiger charge is 2.70. The standard InChI is InChI=1S/C32H35N5O5S/c1-31(34-28(38)21-16-25-23(35(2)18-21)15-20-17-33-22-10-7-13-43(25)27(20)22)30(40)37-24(14-19-8-4-3-5-9-19)29(39)36-12-6-11-26(36)32(37,41)42-31/h3-5,7-10,13,16-17,21,23-24,26,33,41H,6,11-12,14-15,18H2,1-2H3,(H,34,38)/t21-,23-,24?,26?,31?,32?,43?/m1/s1. The third-order valence-electron chi connectivity index (χ3n) is 9.88. The summed E-state index contributed by atoms with van der Waals surface area (Å²) in [5.41, 5.74) is 0.358. The van der Waals surface area contributed by atoms with Crippen LogP contribution in [0.25, 0.3) is 6.08 Å². The molecule has 6 aliphatic heterocycles. The van der Waals surface area contributed by atoms with Crippen molar-refractivity contribution < 1.29 is 24.2 Å². The van der Waals surface area contributed by atoms with Crippen molar-refractivity contribution >= 4 is 34.3 Å². The Morgan fingerprint density at radius 1 is 1.26 bits per heavy atom. The lowest BCUT2D eigenvalue weighted by atomic mass is 9.95. The van der Waals surface area contributed by atoms with Gasteiger partial charge in [0.05, 0.1) is 11.3 Å². The summed E-state index contributed by atoms with van der Waals surface area (Å²) in [4.78, 5) is 51.5. The minimum Gasteiger partial charge on any atom is -0.360 e. The molecule has 1 aromatic carbocycles. The van der Waals surface area contributed by atoms with Gasteiger partial charge in [-0.2, -0.15) is 0 Å². The van der Waals surface area contributed by atoms with E-state index >= 15 is 0 Å². The Kier molecular flexibility index (Phi) is 5.98. The third kappa shape index (κ3) is 3.91. The molecule has 43 heavy (non-hydrogen) atoms. The quantitative estimate of drug-likeness (QED) is 0.453. The molecule has 0 aliphatic carbocycles. The van der Waals surface area contributed by atoms with Crippen LogP contribution in [0.15, 0.2) is 59.0 Å². The average Bonchev–Trinajstić information content (AvgIpc) is 3.70. The van der Waals surface area contributed by atoms with Gasteiger partial charge in [0.2, 0.25) is 17.5 Å². The Bertz CT molecular complexity index is 1750. The molecule has 6 aliphatic rings. The van der Waals surface area contributed by atoms with E-state index in [2.05, 4.69) is 45.0 Å². The molecule has 11 heteroatoms. The van der Waals surface area contributed by atoms with E-state index in [1.54, 1.807) is 4.90 Å². The molecule has 8 rings (SSSR count). The number of piperazine rings is 1. The molecule has 0 spiro atoms. The maximum absolute atomic E-state index is 14.2. The number of aromatic amines is 1. The van der Waals surface area contributed by atoms with Gasteiger partial charge in [-0.25, -0.2) is 0 Å². The van der Waals surface area contributed by atoms with E-state index in [1.807, 2.05) is 37.4 Å². The minimum absolute atomic E-state index is 0.194. The first-order valence-electron chi connectivity index (χ1n) is 15.0. The van der Waals surface area contributed by atoms with Crippen molar-refractivity contribution in [1.29, 1.82) is 0 Å². The summed E-state index contributed by atoms with van der Waals surface area (Å²) < 4.78 is 7.54. The van der Waals surface area contributed by atoms with Gasteiger partial charge >= 0.3 is 0 Å². The Balaban J connectivity index is 1.12. The number of carbonyl (C=O) groups is 3. The maximum Gasteiger partial charge on any atom is 0.280 e. The molecule has 3 amide bonds. The van der Waals surface area contributed by atoms with Gasteiger partial charge in [-0.05, 0) is 60.7 Å². The highest BCUT2D eigenvalue weighted by Crippen LogP contribution is 2.47. The number of likely N-dealkylation sites (N-methyl/N-ethyl adjacent to an activating group) is 1. The zero-order valence-corrected chi connectivity index (χ0v) is 25.0. The summed E-state index contributed by atoms with van der Waals surface area (Å²) in [5.74, 6) is -3.70. The molecular formula is C32H35N5O5S. The Morgan fingerprint density at radius 2 is 2.07 bits per heavy atom. The first-order valence-corrected chi connectivity index (χ1v) is 16.3. The fraction of sp³-hybridized carbons (Fsp3) is 0.438. The van der Waals surface area contributed by atoms with Gasteiger partial charge in [-0.15, -0.1) is 10.5 Å². The monoisotopic (exact) mass is 601 g/mol. The average molecular weight is 602 g/mol. The molecule has 0 saturated carbocycles. The van der Waals surface area contributed by atoms with Crippen LogP contribution < -0.4 is 10.7 Å². The van der Waals surface area contributed by atoms with Crippen molar-refractivity contribution in [2.45, 2.75) is 62.4 Å². The topological polar surface area (TPSA) is 118 Å². The fourth-order valence-corrected chi connectivity index (χ4v) is 10.3. The second-order valence-electron chi connectivity index (χ2n) is 12.6. The summed E-state index contributed by atoms with van der Waals surface area (Å²) in [5, 5.41) is 18.3. The molecular weight excluding hydrogens is 566 g/mol. The predicted octanol–water partition coefficient (Wildman–Crippen LogP) is 1.17. The van der Waals surface area contributed by atoms with Gasteiger partial charge in [0.25, 0.3) is 11.8 Å². The third-order valence-corrected chi connectivity index (χ3v) is 12.1. The molecule has 0 radical (unpaired) electrons. The maximum atomic E-state index is 14.2. The Labute approximate surface area is 251 Å². The van der Waals surface area contributed by atoms with Crippen LogP contribution in [0.4, 0.5) is 0 Å². The van der Waals surface area contributed by atoms with Gasteiger partial charge in [0.15, 0.2) is 0 Å². The molecule has 0 bridgehead atoms. The highest BCUT2D eigenvalue weighted by atomic mass is 32.2. The molecule has 5 unspecified atom stereocenters. The molecule has 10 nitrogen and oxygen atoms in total. The molecule has 7 atom stereocenters. The number of aliphatic hydroxyl groups is 1. The molecule has 3 fully saturated rings. The van der Waals surface area contributed by atoms with E-state index in [-0.39, 0.29) is 34.8 Å². The van der Waals surface area contributed by atoms with Gasteiger partial charge in [-0.1, -0.05) is 42.5 Å². The van der Waals surface area contributed by atoms with Crippen LogP contribution in [-0.2, 0) is 32.0 Å². The number of amides is 3. The predicted molar refractivity (Wildman–Crippen MR) is 160 cm³/mol. The lowest BCUT2D eigenvalue weighted by Crippen LogP contribution is -2.71. The molecule has 3 saturated heterocycles. The summed E-state index contributed by atoms with van der Waals surface area (Å²) >= 11 is 0. The van der Waals surface area contributed by atoms with Crippen LogP contribution in [0.5, 0.6) is 0 Å². The SMILES string of the molecule is CN1C[C@H](C(=O)NC2(C)OC3(O)C4CCCN4C(=O)C(Cc4ccccc4)N3C2=O)C=C2[C@H]1Cc1c[nH]c3c1=S2C=CC=3. The lowest BCUT2D eigenvalue weighted by molar-refractivity contribution is -0.315. The van der Waals surface area contributed by atoms with Gasteiger partial charge in [0.1, 0.15) is 12.1 Å². The van der Waals surface area contributed by atoms with Crippen LogP contribution in [-0.4, -0.2) is 92.4 Å². The molecule has 2 aromatic rings. The number of carbonyl (C=O) groups excluding carboxylic acids is 3. The van der Waals surface area contributed by atoms with Gasteiger partial charge in [-0.3, -0.25) is 28.9 Å². The normalized spacial score (nSPS) is 36.0. The number of nitrogens with one attached hydrogen (secondary N) is 2. The number of aromatic nitrogens is 1. The van der Waals surface area contributed by atoms with Gasteiger partial charge < -0.3 is 20.3 Å². The zero-order valence-electron chi connectivity index (χ0n) is 24.2. The van der Waals surface area contributed by atoms with Crippen molar-refractivity contribution in [2.24, 2.45) is 5.92 Å². The smallest absolute Gasteiger partial charge is 0.280 e. The van der Waals surface area contributed by atoms with E-state index in [1.165, 1.54) is 26.8 Å². The van der Waals surface area contributed by atoms with Crippen LogP contribution in [0, 0.1) is 10.4 Å². The lowest BCUT2D eigenvalue weighted by Gasteiger charge is -2.48. The van der Waals surface area contributed by atoms with Crippen molar-refractivity contribution in [3.63, 3.8) is 0 Å². The van der Waals surface area contributed by atoms with Crippen LogP contribution in [0.3, 0.4) is 0 Å². The highest BCUT2D eigenvalue weighted by molar-refractivity contribution is 8.15. The fourth-order valence-electron chi connectivity index (χ4n) is 7.85. The van der Waals surface area contributed by atoms with E-state index in [9.17, 15) is 19.5 Å². The number of allylic oxidation sites excluding steroid dienone is 1. The zero-order chi connectivity index (χ0) is 29.7. The minimum atomic E-state index is -2.04. The number of fused-ring (bicyclic) bond motifs is 5. The second kappa shape index (κ2) is 9.49. The number of nitrogens with zero attached hydrogens (tertiary/aromatic N) is 3. The van der Waals surface area contributed by atoms with E-state index in [4.69, 9.17) is 4.74 Å². The van der Waals surface area contributed by atoms with E-state index in [0.29, 0.717) is 25.9 Å². The summed E-state index contributed by atoms with van der Waals surface area (Å²) in [7, 11) is 1.78. The Morgan fingerprint density at radius 3 is 2.88 bits per heavy atom. The van der Waals surface area contributed by atoms with Crippen molar-refractivity contribution in [2.75, 3.05) is 20.1 Å². The molecule has 1 aromatic heterocycles. The first-order chi connectivity index (χ1) is 20.7. The van der Waals surface area contributed by atoms with Crippen LogP contribution in [0.1, 0.15) is 30.9 Å². The van der Waals surface area contributed by atoms with Crippen LogP contribution in [0.2, 0.25) is 0 Å². The number of benzene rings is 1. The van der Waals surface area contributed by atoms with Crippen molar-refractivity contribution in [3.8, 4) is 0 Å². The number of ether oxygens (including phenoxy) is 1. The summed E-state index contributed by atoms with van der Waals surface area (Å²) in [6, 6.07) is 8.01. The van der Waals surface area contributed by atoms with Crippen molar-refractivity contribution in [1.82, 2.24) is 25.0 Å². The summed E-state index contributed by atoms with van der Waals surface area (Å²) in [6.07, 6.45) is 10.7. The molecule has 224 valence electrons. The molecule has 3 N–H and O–H groups in total. The first kappa shape index (κ1) is 27.1. The number of hydrogen-bond donors (Lipinski definition) is 3. The molecule has 7 heterocycles. The number of rotatable bonds is 4. The largest absolute Gasteiger partial charge is 0.360 e.